The van der Waals surface area contributed by atoms with Crippen molar-refractivity contribution < 1.29 is 9.50 Å². The summed E-state index contributed by atoms with van der Waals surface area (Å²) in [6.07, 6.45) is 0.428. The summed E-state index contributed by atoms with van der Waals surface area (Å²) in [5, 5.41) is 10.2. The molecule has 4 heteroatoms. The van der Waals surface area contributed by atoms with Gasteiger partial charge in [0.05, 0.1) is 17.1 Å². The normalized spacial score (nSPS) is 12.7. The SMILES string of the molecule is Cn1c(CC(O)Cc2ccc(F)cc2)nc2ccccc21. The number of rotatable bonds is 4. The Morgan fingerprint density at radius 1 is 1.10 bits per heavy atom. The smallest absolute Gasteiger partial charge is 0.123 e. The molecule has 21 heavy (non-hydrogen) atoms. The number of aromatic nitrogens is 2. The highest BCUT2D eigenvalue weighted by molar-refractivity contribution is 5.75. The van der Waals surface area contributed by atoms with E-state index in [9.17, 15) is 9.50 Å². The highest BCUT2D eigenvalue weighted by Gasteiger charge is 2.13. The molecule has 0 saturated heterocycles. The van der Waals surface area contributed by atoms with Crippen molar-refractivity contribution >= 4 is 11.0 Å². The Bertz CT molecular complexity index is 749. The van der Waals surface area contributed by atoms with Gasteiger partial charge in [-0.25, -0.2) is 9.37 Å². The summed E-state index contributed by atoms with van der Waals surface area (Å²) in [5.41, 5.74) is 2.91. The van der Waals surface area contributed by atoms with Crippen molar-refractivity contribution in [2.45, 2.75) is 18.9 Å². The topological polar surface area (TPSA) is 38.0 Å². The minimum Gasteiger partial charge on any atom is -0.392 e. The number of para-hydroxylation sites is 2. The molecule has 3 aromatic rings. The molecule has 0 saturated carbocycles. The van der Waals surface area contributed by atoms with E-state index in [1.807, 2.05) is 35.9 Å². The minimum atomic E-state index is -0.536. The summed E-state index contributed by atoms with van der Waals surface area (Å²) in [4.78, 5) is 4.55. The Labute approximate surface area is 122 Å². The molecular formula is C17H17FN2O. The summed E-state index contributed by atoms with van der Waals surface area (Å²) in [6, 6.07) is 14.1. The third kappa shape index (κ3) is 2.95. The van der Waals surface area contributed by atoms with Crippen LogP contribution < -0.4 is 0 Å². The van der Waals surface area contributed by atoms with Gasteiger partial charge in [-0.2, -0.15) is 0 Å². The third-order valence-corrected chi connectivity index (χ3v) is 3.68. The molecule has 0 aliphatic carbocycles. The van der Waals surface area contributed by atoms with E-state index >= 15 is 0 Å². The van der Waals surface area contributed by atoms with Crippen LogP contribution in [0.2, 0.25) is 0 Å². The fraction of sp³-hybridized carbons (Fsp3) is 0.235. The van der Waals surface area contributed by atoms with Crippen LogP contribution in [0, 0.1) is 5.82 Å². The van der Waals surface area contributed by atoms with Crippen molar-refractivity contribution in [2.24, 2.45) is 7.05 Å². The van der Waals surface area contributed by atoms with Gasteiger partial charge in [-0.3, -0.25) is 0 Å². The Morgan fingerprint density at radius 2 is 1.81 bits per heavy atom. The predicted octanol–water partition coefficient (Wildman–Crippen LogP) is 2.86. The van der Waals surface area contributed by atoms with Crippen molar-refractivity contribution in [1.29, 1.82) is 0 Å². The number of aliphatic hydroxyl groups excluding tert-OH is 1. The molecule has 1 unspecified atom stereocenters. The summed E-state index contributed by atoms with van der Waals surface area (Å²) < 4.78 is 14.9. The monoisotopic (exact) mass is 284 g/mol. The molecule has 1 heterocycles. The van der Waals surface area contributed by atoms with Crippen LogP contribution >= 0.6 is 0 Å². The van der Waals surface area contributed by atoms with Gasteiger partial charge in [0.2, 0.25) is 0 Å². The molecule has 0 radical (unpaired) electrons. The molecule has 0 fully saturated rings. The second kappa shape index (κ2) is 5.66. The van der Waals surface area contributed by atoms with Gasteiger partial charge in [0.25, 0.3) is 0 Å². The summed E-state index contributed by atoms with van der Waals surface area (Å²) in [5.74, 6) is 0.592. The molecule has 2 aromatic carbocycles. The maximum Gasteiger partial charge on any atom is 0.123 e. The number of fused-ring (bicyclic) bond motifs is 1. The summed E-state index contributed by atoms with van der Waals surface area (Å²) >= 11 is 0. The van der Waals surface area contributed by atoms with Gasteiger partial charge < -0.3 is 9.67 Å². The molecule has 0 bridgehead atoms. The first-order chi connectivity index (χ1) is 10.1. The van der Waals surface area contributed by atoms with E-state index in [0.717, 1.165) is 22.4 Å². The van der Waals surface area contributed by atoms with Gasteiger partial charge >= 0.3 is 0 Å². The minimum absolute atomic E-state index is 0.261. The highest BCUT2D eigenvalue weighted by atomic mass is 19.1. The number of hydrogen-bond donors (Lipinski definition) is 1. The lowest BCUT2D eigenvalue weighted by molar-refractivity contribution is 0.172. The van der Waals surface area contributed by atoms with Crippen molar-refractivity contribution in [3.8, 4) is 0 Å². The van der Waals surface area contributed by atoms with Crippen molar-refractivity contribution in [1.82, 2.24) is 9.55 Å². The van der Waals surface area contributed by atoms with Crippen LogP contribution in [0.4, 0.5) is 4.39 Å². The first kappa shape index (κ1) is 13.8. The summed E-state index contributed by atoms with van der Waals surface area (Å²) in [7, 11) is 1.95. The molecular weight excluding hydrogens is 267 g/mol. The molecule has 0 spiro atoms. The fourth-order valence-electron chi connectivity index (χ4n) is 2.55. The van der Waals surface area contributed by atoms with E-state index in [1.54, 1.807) is 12.1 Å². The number of imidazole rings is 1. The van der Waals surface area contributed by atoms with Gasteiger partial charge in [0.1, 0.15) is 11.6 Å². The highest BCUT2D eigenvalue weighted by Crippen LogP contribution is 2.16. The van der Waals surface area contributed by atoms with Gasteiger partial charge in [-0.05, 0) is 36.2 Å². The van der Waals surface area contributed by atoms with Crippen LogP contribution in [0.5, 0.6) is 0 Å². The number of aliphatic hydroxyl groups is 1. The maximum absolute atomic E-state index is 12.9. The van der Waals surface area contributed by atoms with Gasteiger partial charge in [0, 0.05) is 13.5 Å². The molecule has 3 rings (SSSR count). The first-order valence-corrected chi connectivity index (χ1v) is 6.96. The van der Waals surface area contributed by atoms with Crippen LogP contribution in [0.15, 0.2) is 48.5 Å². The van der Waals surface area contributed by atoms with Crippen molar-refractivity contribution in [2.75, 3.05) is 0 Å². The van der Waals surface area contributed by atoms with Gasteiger partial charge in [-0.15, -0.1) is 0 Å². The van der Waals surface area contributed by atoms with E-state index < -0.39 is 6.10 Å². The quantitative estimate of drug-likeness (QED) is 0.800. The van der Waals surface area contributed by atoms with Crippen LogP contribution in [0.25, 0.3) is 11.0 Å². The van der Waals surface area contributed by atoms with Crippen molar-refractivity contribution in [3.05, 3.63) is 65.7 Å². The van der Waals surface area contributed by atoms with E-state index in [1.165, 1.54) is 12.1 Å². The lowest BCUT2D eigenvalue weighted by Gasteiger charge is -2.10. The number of benzene rings is 2. The standard InChI is InChI=1S/C17H17FN2O/c1-20-16-5-3-2-4-15(16)19-17(20)11-14(21)10-12-6-8-13(18)9-7-12/h2-9,14,21H,10-11H2,1H3. The molecule has 1 N–H and O–H groups in total. The Kier molecular flexibility index (Phi) is 3.71. The van der Waals surface area contributed by atoms with Crippen LogP contribution in [-0.4, -0.2) is 20.8 Å². The molecule has 1 aromatic heterocycles. The largest absolute Gasteiger partial charge is 0.392 e. The van der Waals surface area contributed by atoms with Crippen LogP contribution in [-0.2, 0) is 19.9 Å². The van der Waals surface area contributed by atoms with Gasteiger partial charge in [-0.1, -0.05) is 24.3 Å². The maximum atomic E-state index is 12.9. The van der Waals surface area contributed by atoms with Crippen LogP contribution in [0.1, 0.15) is 11.4 Å². The average molecular weight is 284 g/mol. The second-order valence-corrected chi connectivity index (χ2v) is 5.26. The molecule has 0 aliphatic heterocycles. The van der Waals surface area contributed by atoms with E-state index in [-0.39, 0.29) is 5.82 Å². The fourth-order valence-corrected chi connectivity index (χ4v) is 2.55. The second-order valence-electron chi connectivity index (χ2n) is 5.26. The molecule has 0 aliphatic rings. The Hall–Kier alpha value is -2.20. The Morgan fingerprint density at radius 3 is 2.52 bits per heavy atom. The molecule has 1 atom stereocenters. The number of halogens is 1. The molecule has 0 amide bonds. The third-order valence-electron chi connectivity index (χ3n) is 3.68. The van der Waals surface area contributed by atoms with E-state index in [4.69, 9.17) is 0 Å². The zero-order valence-corrected chi connectivity index (χ0v) is 11.8. The zero-order valence-electron chi connectivity index (χ0n) is 11.8. The Balaban J connectivity index is 1.75. The lowest BCUT2D eigenvalue weighted by atomic mass is 10.1. The van der Waals surface area contributed by atoms with Crippen molar-refractivity contribution in [3.63, 3.8) is 0 Å². The number of nitrogens with zero attached hydrogens (tertiary/aromatic N) is 2. The summed E-state index contributed by atoms with van der Waals surface area (Å²) in [6.45, 7) is 0. The number of hydrogen-bond acceptors (Lipinski definition) is 2. The van der Waals surface area contributed by atoms with E-state index in [2.05, 4.69) is 4.98 Å². The van der Waals surface area contributed by atoms with E-state index in [0.29, 0.717) is 12.8 Å². The lowest BCUT2D eigenvalue weighted by Crippen LogP contribution is -2.16. The number of aryl methyl sites for hydroxylation is 1. The zero-order chi connectivity index (χ0) is 14.8. The first-order valence-electron chi connectivity index (χ1n) is 6.96. The molecule has 3 nitrogen and oxygen atoms in total. The van der Waals surface area contributed by atoms with Crippen LogP contribution in [0.3, 0.4) is 0 Å². The molecule has 108 valence electrons. The predicted molar refractivity (Wildman–Crippen MR) is 80.5 cm³/mol. The average Bonchev–Trinajstić information content (AvgIpc) is 2.78. The van der Waals surface area contributed by atoms with Gasteiger partial charge in [0.15, 0.2) is 0 Å².